The molecule has 0 aliphatic rings. The van der Waals surface area contributed by atoms with Gasteiger partial charge in [0.2, 0.25) is 0 Å². The zero-order valence-corrected chi connectivity index (χ0v) is 19.1. The van der Waals surface area contributed by atoms with E-state index in [0.717, 1.165) is 6.54 Å². The van der Waals surface area contributed by atoms with Gasteiger partial charge in [0, 0.05) is 44.8 Å². The Morgan fingerprint density at radius 3 is 1.71 bits per heavy atom. The number of aromatic nitrogens is 2. The van der Waals surface area contributed by atoms with Crippen molar-refractivity contribution in [1.82, 2.24) is 9.13 Å². The molecule has 0 aliphatic carbocycles. The maximum Gasteiger partial charge on any atom is 0.0541 e. The highest BCUT2D eigenvalue weighted by Gasteiger charge is 2.13. The van der Waals surface area contributed by atoms with Gasteiger partial charge in [-0.05, 0) is 60.5 Å². The van der Waals surface area contributed by atoms with Crippen molar-refractivity contribution in [3.05, 3.63) is 115 Å². The fourth-order valence-corrected chi connectivity index (χ4v) is 5.60. The van der Waals surface area contributed by atoms with Crippen LogP contribution in [0.2, 0.25) is 0 Å². The normalized spacial score (nSPS) is 11.8. The predicted molar refractivity (Wildman–Crippen MR) is 145 cm³/mol. The lowest BCUT2D eigenvalue weighted by Gasteiger charge is -2.11. The summed E-state index contributed by atoms with van der Waals surface area (Å²) in [6, 6.07) is 41.9. The number of hydrogen-bond donors (Lipinski definition) is 0. The van der Waals surface area contributed by atoms with Gasteiger partial charge in [-0.3, -0.25) is 0 Å². The number of para-hydroxylation sites is 3. The molecule has 0 fully saturated rings. The zero-order chi connectivity index (χ0) is 22.6. The van der Waals surface area contributed by atoms with Gasteiger partial charge in [0.1, 0.15) is 0 Å². The summed E-state index contributed by atoms with van der Waals surface area (Å²) in [6.07, 6.45) is 0. The van der Waals surface area contributed by atoms with Crippen LogP contribution in [0.15, 0.2) is 115 Å². The summed E-state index contributed by atoms with van der Waals surface area (Å²) in [7, 11) is 0. The summed E-state index contributed by atoms with van der Waals surface area (Å²) in [5, 5.41) is 5.21. The highest BCUT2D eigenvalue weighted by atomic mass is 15.0. The van der Waals surface area contributed by atoms with Crippen LogP contribution in [0.25, 0.3) is 60.4 Å². The number of benzene rings is 5. The fourth-order valence-electron chi connectivity index (χ4n) is 5.60. The first-order chi connectivity index (χ1) is 16.8. The molecular weight excluding hydrogens is 412 g/mol. The molecule has 0 saturated heterocycles. The van der Waals surface area contributed by atoms with Gasteiger partial charge >= 0.3 is 0 Å². The summed E-state index contributed by atoms with van der Waals surface area (Å²) in [6.45, 7) is 3.18. The summed E-state index contributed by atoms with van der Waals surface area (Å²) < 4.78 is 4.79. The van der Waals surface area contributed by atoms with Crippen LogP contribution in [0, 0.1) is 0 Å². The van der Waals surface area contributed by atoms with Crippen molar-refractivity contribution in [2.75, 3.05) is 0 Å². The van der Waals surface area contributed by atoms with Gasteiger partial charge < -0.3 is 9.13 Å². The Labute approximate surface area is 198 Å². The Morgan fingerprint density at radius 2 is 1.03 bits per heavy atom. The Hall–Kier alpha value is -4.30. The van der Waals surface area contributed by atoms with Gasteiger partial charge in [-0.1, -0.05) is 72.8 Å². The number of rotatable bonds is 3. The molecule has 2 nitrogen and oxygen atoms in total. The van der Waals surface area contributed by atoms with Gasteiger partial charge in [-0.25, -0.2) is 0 Å². The maximum absolute atomic E-state index is 2.41. The van der Waals surface area contributed by atoms with Crippen LogP contribution in [0.5, 0.6) is 0 Å². The standard InChI is InChI=1S/C32H24N2/c1-2-33-29-15-6-3-14-27(29)28-21-23(18-19-30(28)33)22-10-9-11-24(20-22)34-31-16-7-4-12-25(31)26-13-5-8-17-32(26)34/h3-21H,2H2,1H3. The van der Waals surface area contributed by atoms with E-state index in [2.05, 4.69) is 131 Å². The average molecular weight is 437 g/mol. The molecule has 0 bridgehead atoms. The second-order valence-electron chi connectivity index (χ2n) is 8.91. The third-order valence-corrected chi connectivity index (χ3v) is 7.11. The van der Waals surface area contributed by atoms with E-state index >= 15 is 0 Å². The van der Waals surface area contributed by atoms with Crippen molar-refractivity contribution in [1.29, 1.82) is 0 Å². The van der Waals surface area contributed by atoms with Crippen molar-refractivity contribution in [3.8, 4) is 16.8 Å². The highest BCUT2D eigenvalue weighted by molar-refractivity contribution is 6.10. The molecule has 162 valence electrons. The molecule has 0 spiro atoms. The van der Waals surface area contributed by atoms with Crippen LogP contribution < -0.4 is 0 Å². The molecule has 2 heteroatoms. The van der Waals surface area contributed by atoms with Crippen molar-refractivity contribution in [3.63, 3.8) is 0 Å². The van der Waals surface area contributed by atoms with E-state index in [1.807, 2.05) is 0 Å². The van der Waals surface area contributed by atoms with E-state index < -0.39 is 0 Å². The van der Waals surface area contributed by atoms with Crippen LogP contribution >= 0.6 is 0 Å². The number of aryl methyl sites for hydroxylation is 1. The molecule has 0 unspecified atom stereocenters. The van der Waals surface area contributed by atoms with Gasteiger partial charge in [0.25, 0.3) is 0 Å². The zero-order valence-electron chi connectivity index (χ0n) is 19.1. The third kappa shape index (κ3) is 2.69. The molecule has 7 rings (SSSR count). The molecule has 0 radical (unpaired) electrons. The molecule has 0 amide bonds. The van der Waals surface area contributed by atoms with Gasteiger partial charge in [-0.15, -0.1) is 0 Å². The SMILES string of the molecule is CCn1c2ccccc2c2cc(-c3cccc(-n4c5ccccc5c5ccccc54)c3)ccc21. The van der Waals surface area contributed by atoms with Crippen molar-refractivity contribution >= 4 is 43.6 Å². The quantitative estimate of drug-likeness (QED) is 0.262. The largest absolute Gasteiger partial charge is 0.341 e. The first kappa shape index (κ1) is 19.2. The number of hydrogen-bond acceptors (Lipinski definition) is 0. The topological polar surface area (TPSA) is 9.86 Å². The third-order valence-electron chi connectivity index (χ3n) is 7.11. The Morgan fingerprint density at radius 1 is 0.471 bits per heavy atom. The first-order valence-electron chi connectivity index (χ1n) is 11.9. The lowest BCUT2D eigenvalue weighted by Crippen LogP contribution is -1.94. The molecule has 7 aromatic rings. The predicted octanol–water partition coefficient (Wildman–Crippen LogP) is 8.58. The maximum atomic E-state index is 2.41. The van der Waals surface area contributed by atoms with Crippen LogP contribution in [-0.2, 0) is 6.54 Å². The number of fused-ring (bicyclic) bond motifs is 6. The minimum atomic E-state index is 0.965. The Kier molecular flexibility index (Phi) is 4.16. The van der Waals surface area contributed by atoms with E-state index in [1.54, 1.807) is 0 Å². The van der Waals surface area contributed by atoms with Crippen molar-refractivity contribution in [2.24, 2.45) is 0 Å². The molecule has 34 heavy (non-hydrogen) atoms. The molecule has 5 aromatic carbocycles. The minimum Gasteiger partial charge on any atom is -0.341 e. The smallest absolute Gasteiger partial charge is 0.0541 e. The van der Waals surface area contributed by atoms with E-state index in [0.29, 0.717) is 0 Å². The van der Waals surface area contributed by atoms with Crippen LogP contribution in [-0.4, -0.2) is 9.13 Å². The average Bonchev–Trinajstić information content (AvgIpc) is 3.41. The number of nitrogens with zero attached hydrogens (tertiary/aromatic N) is 2. The monoisotopic (exact) mass is 436 g/mol. The molecular formula is C32H24N2. The molecule has 0 aliphatic heterocycles. The van der Waals surface area contributed by atoms with Crippen LogP contribution in [0.1, 0.15) is 6.92 Å². The summed E-state index contributed by atoms with van der Waals surface area (Å²) in [4.78, 5) is 0. The second-order valence-corrected chi connectivity index (χ2v) is 8.91. The molecule has 0 atom stereocenters. The molecule has 2 aromatic heterocycles. The molecule has 0 N–H and O–H groups in total. The van der Waals surface area contributed by atoms with Gasteiger partial charge in [0.15, 0.2) is 0 Å². The Balaban J connectivity index is 1.45. The van der Waals surface area contributed by atoms with Crippen LogP contribution in [0.4, 0.5) is 0 Å². The van der Waals surface area contributed by atoms with E-state index in [4.69, 9.17) is 0 Å². The summed E-state index contributed by atoms with van der Waals surface area (Å²) in [5.41, 5.74) is 8.74. The minimum absolute atomic E-state index is 0.965. The van der Waals surface area contributed by atoms with Crippen molar-refractivity contribution < 1.29 is 0 Å². The molecule has 2 heterocycles. The fraction of sp³-hybridized carbons (Fsp3) is 0.0625. The first-order valence-corrected chi connectivity index (χ1v) is 11.9. The lowest BCUT2D eigenvalue weighted by atomic mass is 10.0. The van der Waals surface area contributed by atoms with Gasteiger partial charge in [0.05, 0.1) is 11.0 Å². The second kappa shape index (κ2) is 7.36. The molecule has 0 saturated carbocycles. The van der Waals surface area contributed by atoms with Crippen LogP contribution in [0.3, 0.4) is 0 Å². The Bertz CT molecular complexity index is 1800. The van der Waals surface area contributed by atoms with Gasteiger partial charge in [-0.2, -0.15) is 0 Å². The summed E-state index contributed by atoms with van der Waals surface area (Å²) >= 11 is 0. The summed E-state index contributed by atoms with van der Waals surface area (Å²) in [5.74, 6) is 0. The van der Waals surface area contributed by atoms with E-state index in [-0.39, 0.29) is 0 Å². The van der Waals surface area contributed by atoms with E-state index in [9.17, 15) is 0 Å². The van der Waals surface area contributed by atoms with Crippen molar-refractivity contribution in [2.45, 2.75) is 13.5 Å². The lowest BCUT2D eigenvalue weighted by molar-refractivity contribution is 0.827. The highest BCUT2D eigenvalue weighted by Crippen LogP contribution is 2.35. The van der Waals surface area contributed by atoms with E-state index in [1.165, 1.54) is 60.4 Å².